The van der Waals surface area contributed by atoms with Gasteiger partial charge in [0, 0.05) is 34.6 Å². The van der Waals surface area contributed by atoms with Crippen molar-refractivity contribution in [2.45, 2.75) is 32.1 Å². The van der Waals surface area contributed by atoms with E-state index >= 15 is 0 Å². The SMILES string of the molecule is CCc1cc(-c2c(-c3ccc(F)cc3)n[nH]c2C2CCNCC2)ccn1. The second-order valence-corrected chi connectivity index (χ2v) is 6.78. The van der Waals surface area contributed by atoms with E-state index in [4.69, 9.17) is 0 Å². The predicted octanol–water partition coefficient (Wildman–Crippen LogP) is 4.31. The van der Waals surface area contributed by atoms with Crippen LogP contribution in [0.5, 0.6) is 0 Å². The number of halogens is 1. The molecule has 0 bridgehead atoms. The molecule has 5 heteroatoms. The summed E-state index contributed by atoms with van der Waals surface area (Å²) in [5.41, 5.74) is 6.29. The van der Waals surface area contributed by atoms with Crippen molar-refractivity contribution in [2.75, 3.05) is 13.1 Å². The van der Waals surface area contributed by atoms with Gasteiger partial charge in [0.2, 0.25) is 0 Å². The maximum absolute atomic E-state index is 13.4. The zero-order valence-electron chi connectivity index (χ0n) is 14.9. The lowest BCUT2D eigenvalue weighted by Gasteiger charge is -2.23. The number of piperidine rings is 1. The molecule has 0 radical (unpaired) electrons. The van der Waals surface area contributed by atoms with Crippen LogP contribution in [0.15, 0.2) is 42.6 Å². The number of benzene rings is 1. The highest BCUT2D eigenvalue weighted by atomic mass is 19.1. The lowest BCUT2D eigenvalue weighted by molar-refractivity contribution is 0.453. The Hall–Kier alpha value is -2.53. The zero-order valence-corrected chi connectivity index (χ0v) is 14.9. The average Bonchev–Trinajstić information content (AvgIpc) is 3.14. The van der Waals surface area contributed by atoms with Crippen molar-refractivity contribution in [1.82, 2.24) is 20.5 Å². The van der Waals surface area contributed by atoms with Gasteiger partial charge >= 0.3 is 0 Å². The molecule has 0 aliphatic carbocycles. The number of aromatic amines is 1. The molecule has 4 rings (SSSR count). The van der Waals surface area contributed by atoms with Gasteiger partial charge < -0.3 is 5.32 Å². The number of aromatic nitrogens is 3. The molecule has 0 amide bonds. The number of pyridine rings is 1. The Morgan fingerprint density at radius 1 is 1.08 bits per heavy atom. The third kappa shape index (κ3) is 3.27. The average molecular weight is 350 g/mol. The standard InChI is InChI=1S/C21H23FN4/c1-2-18-13-16(9-12-24-18)19-20(14-3-5-17(22)6-4-14)25-26-21(19)15-7-10-23-11-8-15/h3-6,9,12-13,15,23H,2,7-8,10-11H2,1H3,(H,25,26). The van der Waals surface area contributed by atoms with Gasteiger partial charge in [-0.3, -0.25) is 10.1 Å². The summed E-state index contributed by atoms with van der Waals surface area (Å²) < 4.78 is 13.4. The van der Waals surface area contributed by atoms with E-state index in [1.165, 1.54) is 17.8 Å². The molecule has 0 atom stereocenters. The van der Waals surface area contributed by atoms with Gasteiger partial charge in [0.05, 0.1) is 0 Å². The Morgan fingerprint density at radius 3 is 2.58 bits per heavy atom. The number of hydrogen-bond acceptors (Lipinski definition) is 3. The smallest absolute Gasteiger partial charge is 0.123 e. The first kappa shape index (κ1) is 16.9. The molecule has 0 spiro atoms. The molecule has 4 nitrogen and oxygen atoms in total. The highest BCUT2D eigenvalue weighted by Gasteiger charge is 2.24. The predicted molar refractivity (Wildman–Crippen MR) is 101 cm³/mol. The molecule has 3 heterocycles. The summed E-state index contributed by atoms with van der Waals surface area (Å²) in [4.78, 5) is 4.43. The van der Waals surface area contributed by atoms with E-state index < -0.39 is 0 Å². The maximum atomic E-state index is 13.4. The van der Waals surface area contributed by atoms with Gasteiger partial charge in [-0.15, -0.1) is 0 Å². The van der Waals surface area contributed by atoms with Crippen molar-refractivity contribution in [1.29, 1.82) is 0 Å². The van der Waals surface area contributed by atoms with E-state index in [0.29, 0.717) is 5.92 Å². The van der Waals surface area contributed by atoms with E-state index in [9.17, 15) is 4.39 Å². The summed E-state index contributed by atoms with van der Waals surface area (Å²) in [6.07, 6.45) is 4.93. The summed E-state index contributed by atoms with van der Waals surface area (Å²) in [5.74, 6) is 0.216. The second kappa shape index (κ2) is 7.38. The first-order valence-corrected chi connectivity index (χ1v) is 9.26. The molecule has 26 heavy (non-hydrogen) atoms. The van der Waals surface area contributed by atoms with Crippen LogP contribution in [0.1, 0.15) is 37.1 Å². The van der Waals surface area contributed by atoms with Gasteiger partial charge in [0.15, 0.2) is 0 Å². The Balaban J connectivity index is 1.86. The lowest BCUT2D eigenvalue weighted by Crippen LogP contribution is -2.27. The summed E-state index contributed by atoms with van der Waals surface area (Å²) in [7, 11) is 0. The van der Waals surface area contributed by atoms with E-state index in [2.05, 4.69) is 33.5 Å². The number of aryl methyl sites for hydroxylation is 1. The molecule has 1 aliphatic heterocycles. The molecule has 134 valence electrons. The zero-order chi connectivity index (χ0) is 17.9. The highest BCUT2D eigenvalue weighted by Crippen LogP contribution is 2.39. The summed E-state index contributed by atoms with van der Waals surface area (Å²) in [6.45, 7) is 4.15. The van der Waals surface area contributed by atoms with Gasteiger partial charge in [-0.1, -0.05) is 6.92 Å². The second-order valence-electron chi connectivity index (χ2n) is 6.78. The molecule has 3 aromatic rings. The fourth-order valence-electron chi connectivity index (χ4n) is 3.70. The molecule has 1 aromatic carbocycles. The number of nitrogens with one attached hydrogen (secondary N) is 2. The molecular formula is C21H23FN4. The summed E-state index contributed by atoms with van der Waals surface area (Å²) in [5, 5.41) is 11.4. The molecule has 0 unspecified atom stereocenters. The topological polar surface area (TPSA) is 53.6 Å². The van der Waals surface area contributed by atoms with Crippen LogP contribution in [0.3, 0.4) is 0 Å². The van der Waals surface area contributed by atoms with Crippen molar-refractivity contribution < 1.29 is 4.39 Å². The Morgan fingerprint density at radius 2 is 1.85 bits per heavy atom. The van der Waals surface area contributed by atoms with Gasteiger partial charge in [0.25, 0.3) is 0 Å². The Bertz CT molecular complexity index is 879. The molecule has 1 fully saturated rings. The minimum absolute atomic E-state index is 0.235. The Kier molecular flexibility index (Phi) is 4.80. The molecule has 1 saturated heterocycles. The minimum atomic E-state index is -0.235. The van der Waals surface area contributed by atoms with Crippen LogP contribution >= 0.6 is 0 Å². The first-order chi connectivity index (χ1) is 12.8. The minimum Gasteiger partial charge on any atom is -0.317 e. The third-order valence-electron chi connectivity index (χ3n) is 5.13. The van der Waals surface area contributed by atoms with Gasteiger partial charge in [0.1, 0.15) is 11.5 Å². The van der Waals surface area contributed by atoms with Crippen molar-refractivity contribution in [2.24, 2.45) is 0 Å². The van der Waals surface area contributed by atoms with Gasteiger partial charge in [-0.05, 0) is 74.3 Å². The number of rotatable bonds is 4. The Labute approximate surface area is 152 Å². The molecular weight excluding hydrogens is 327 g/mol. The van der Waals surface area contributed by atoms with E-state index in [1.54, 1.807) is 12.1 Å². The van der Waals surface area contributed by atoms with Crippen molar-refractivity contribution in [3.63, 3.8) is 0 Å². The monoisotopic (exact) mass is 350 g/mol. The largest absolute Gasteiger partial charge is 0.317 e. The highest BCUT2D eigenvalue weighted by molar-refractivity contribution is 5.83. The quantitative estimate of drug-likeness (QED) is 0.737. The maximum Gasteiger partial charge on any atom is 0.123 e. The van der Waals surface area contributed by atoms with Crippen LogP contribution in [0, 0.1) is 5.82 Å². The number of hydrogen-bond donors (Lipinski definition) is 2. The van der Waals surface area contributed by atoms with E-state index in [0.717, 1.165) is 60.4 Å². The molecule has 2 N–H and O–H groups in total. The number of H-pyrrole nitrogens is 1. The lowest BCUT2D eigenvalue weighted by atomic mass is 9.88. The van der Waals surface area contributed by atoms with Gasteiger partial charge in [-0.2, -0.15) is 5.10 Å². The van der Waals surface area contributed by atoms with E-state index in [-0.39, 0.29) is 5.82 Å². The van der Waals surface area contributed by atoms with Crippen LogP contribution in [-0.4, -0.2) is 28.3 Å². The van der Waals surface area contributed by atoms with Crippen LogP contribution in [0.2, 0.25) is 0 Å². The van der Waals surface area contributed by atoms with Crippen LogP contribution in [0.4, 0.5) is 4.39 Å². The van der Waals surface area contributed by atoms with Gasteiger partial charge in [-0.25, -0.2) is 4.39 Å². The van der Waals surface area contributed by atoms with E-state index in [1.807, 2.05) is 12.3 Å². The number of nitrogens with zero attached hydrogens (tertiary/aromatic N) is 2. The third-order valence-corrected chi connectivity index (χ3v) is 5.13. The summed E-state index contributed by atoms with van der Waals surface area (Å²) >= 11 is 0. The molecule has 0 saturated carbocycles. The van der Waals surface area contributed by atoms with Crippen molar-refractivity contribution in [3.05, 3.63) is 59.8 Å². The molecule has 2 aromatic heterocycles. The van der Waals surface area contributed by atoms with Crippen LogP contribution in [-0.2, 0) is 6.42 Å². The fourth-order valence-corrected chi connectivity index (χ4v) is 3.70. The summed E-state index contributed by atoms with van der Waals surface area (Å²) in [6, 6.07) is 10.8. The van der Waals surface area contributed by atoms with Crippen LogP contribution in [0.25, 0.3) is 22.4 Å². The molecule has 1 aliphatic rings. The fraction of sp³-hybridized carbons (Fsp3) is 0.333. The van der Waals surface area contributed by atoms with Crippen molar-refractivity contribution in [3.8, 4) is 22.4 Å². The first-order valence-electron chi connectivity index (χ1n) is 9.26. The van der Waals surface area contributed by atoms with Crippen LogP contribution < -0.4 is 5.32 Å². The normalized spacial score (nSPS) is 15.3. The van der Waals surface area contributed by atoms with Crippen molar-refractivity contribution >= 4 is 0 Å².